The summed E-state index contributed by atoms with van der Waals surface area (Å²) in [6, 6.07) is -4.38. The highest BCUT2D eigenvalue weighted by molar-refractivity contribution is 6.01. The molecule has 2 saturated heterocycles. The number of carbonyl (C=O) groups excluding carboxylic acids is 12. The van der Waals surface area contributed by atoms with Crippen LogP contribution in [-0.4, -0.2) is 284 Å². The smallest absolute Gasteiger partial charge is 0.419 e. The summed E-state index contributed by atoms with van der Waals surface area (Å²) >= 11 is 0. The van der Waals surface area contributed by atoms with E-state index in [9.17, 15) is 45.5 Å². The summed E-state index contributed by atoms with van der Waals surface area (Å²) in [6.45, 7) is 3.46. The van der Waals surface area contributed by atoms with Crippen molar-refractivity contribution in [1.29, 1.82) is 0 Å². The monoisotopic (exact) mass is 1570 g/mol. The quantitative estimate of drug-likeness (QED) is 0.135. The number of aryl methyl sites for hydroxylation is 1. The van der Waals surface area contributed by atoms with Gasteiger partial charge in [-0.3, -0.25) is 57.5 Å². The Hall–Kier alpha value is -8.88. The van der Waals surface area contributed by atoms with Crippen molar-refractivity contribution < 1.29 is 98.1 Å². The molecule has 614 valence electrons. The number of halogens is 6. The van der Waals surface area contributed by atoms with Crippen LogP contribution < -0.4 is 20.7 Å². The van der Waals surface area contributed by atoms with E-state index >= 15 is 38.4 Å². The third kappa shape index (κ3) is 21.5. The zero-order chi connectivity index (χ0) is 81.7. The lowest BCUT2D eigenvalue weighted by Gasteiger charge is -2.46. The lowest BCUT2D eigenvalue weighted by atomic mass is 9.74. The van der Waals surface area contributed by atoms with Crippen LogP contribution in [0.15, 0.2) is 54.6 Å². The van der Waals surface area contributed by atoms with Crippen molar-refractivity contribution in [2.45, 2.75) is 209 Å². The molecule has 2 bridgehead atoms. The van der Waals surface area contributed by atoms with Crippen LogP contribution >= 0.6 is 0 Å². The molecule has 6 aliphatic rings. The summed E-state index contributed by atoms with van der Waals surface area (Å²) in [5.74, 6) is -10.9. The molecular weight excluding hydrogens is 1460 g/mol. The third-order valence-corrected chi connectivity index (χ3v) is 23.0. The number of likely N-dealkylation sites (N-methyl/N-ethyl adjacent to an activating group) is 7. The van der Waals surface area contributed by atoms with E-state index in [4.69, 9.17) is 14.2 Å². The number of alkyl halides is 6. The van der Waals surface area contributed by atoms with Gasteiger partial charge in [-0.05, 0) is 124 Å². The van der Waals surface area contributed by atoms with E-state index in [1.54, 1.807) is 32.9 Å². The normalized spacial score (nSPS) is 26.3. The van der Waals surface area contributed by atoms with Crippen molar-refractivity contribution in [2.24, 2.45) is 17.8 Å². The van der Waals surface area contributed by atoms with Crippen LogP contribution in [0.4, 0.5) is 26.3 Å². The SMILES string of the molecule is CCO[C@@H]1C[C@H]2C(=O)NC3(CCC3)C(=O)N(C)[C@@H](C3CCCC3)C(=O)N(C)[C@H](C(=O)N(C)CCOC)CC(=O)N(C)[C@@H](CC3CC3)C(=O)N[C@@H]([C@@H](C)CC)C(=O)N(C)CC(=O)N(C)[C@@H]3C/C=C\CCN(C3=O)[C@@H](Cc3ccc(C(F)(F)F)cc3)C(=O)N(C)CC(=O)N[C@@H](CCc3ccc(C(F)(F)F)c(OC)c3)C(=O)N2C1. The maximum Gasteiger partial charge on any atom is 0.419 e. The fourth-order valence-electron chi connectivity index (χ4n) is 15.6. The minimum atomic E-state index is -4.83. The molecule has 2 aromatic rings. The number of fused-ring (bicyclic) bond motifs is 3. The molecule has 3 N–H and O–H groups in total. The molecule has 3 heterocycles. The van der Waals surface area contributed by atoms with Gasteiger partial charge in [0.25, 0.3) is 0 Å². The molecule has 2 aromatic carbocycles. The second-order valence-corrected chi connectivity index (χ2v) is 30.7. The largest absolute Gasteiger partial charge is 0.496 e. The van der Waals surface area contributed by atoms with Crippen molar-refractivity contribution in [3.8, 4) is 5.75 Å². The first-order valence-corrected chi connectivity index (χ1v) is 38.4. The molecule has 111 heavy (non-hydrogen) atoms. The van der Waals surface area contributed by atoms with Crippen LogP contribution in [0.2, 0.25) is 0 Å². The van der Waals surface area contributed by atoms with Crippen molar-refractivity contribution in [1.82, 2.24) is 60.0 Å². The molecule has 0 aromatic heterocycles. The fourth-order valence-corrected chi connectivity index (χ4v) is 15.6. The number of methoxy groups -OCH3 is 2. The molecule has 1 spiro atoms. The number of nitrogens with zero attached hydrogens (tertiary/aromatic N) is 9. The number of hydrogen-bond donors (Lipinski definition) is 3. The van der Waals surface area contributed by atoms with Crippen LogP contribution in [-0.2, 0) is 92.2 Å². The van der Waals surface area contributed by atoms with E-state index in [0.717, 1.165) is 75.9 Å². The zero-order valence-corrected chi connectivity index (χ0v) is 65.7. The number of rotatable bonds is 17. The van der Waals surface area contributed by atoms with Crippen molar-refractivity contribution >= 4 is 70.9 Å². The first-order valence-electron chi connectivity index (χ1n) is 38.4. The number of nitrogens with one attached hydrogen (secondary N) is 3. The maximum absolute atomic E-state index is 15.7. The van der Waals surface area contributed by atoms with Gasteiger partial charge in [-0.15, -0.1) is 0 Å². The lowest BCUT2D eigenvalue weighted by molar-refractivity contribution is -0.158. The van der Waals surface area contributed by atoms with Gasteiger partial charge in [-0.1, -0.05) is 76.3 Å². The highest BCUT2D eigenvalue weighted by atomic mass is 19.4. The molecule has 5 fully saturated rings. The lowest BCUT2D eigenvalue weighted by Crippen LogP contribution is -2.68. The molecule has 3 saturated carbocycles. The van der Waals surface area contributed by atoms with Crippen molar-refractivity contribution in [3.05, 3.63) is 76.9 Å². The first-order chi connectivity index (χ1) is 52.4. The van der Waals surface area contributed by atoms with Gasteiger partial charge in [0.1, 0.15) is 59.6 Å². The zero-order valence-electron chi connectivity index (χ0n) is 65.7. The summed E-state index contributed by atoms with van der Waals surface area (Å²) in [5, 5.41) is 8.56. The number of benzene rings is 2. The standard InChI is InChI=1S/C78H110F6N12O15/c1-13-47(3)65-73(106)90(6)46-64(99)91(7)56-23-16-15-19-36-95(72(56)105)60(40-49-26-30-52(31-27-49)77(79,80)81)71(104)89(5)45-62(97)85-55(33-29-50-28-32-54(78(82,83)84)61(41-50)110-12)69(102)96-44-53(111-14-2)42-58(96)68(101)87-76(34-20-35-76)75(108)94(10)66(51-21-17-18-22-51)74(107)93(9)59(70(103)88(4)37-38-109-11)43-63(98)92(8)57(67(100)86-65)39-48-24-25-48/h15-16,26-28,30-32,41,47-48,51,53,55-60,65-66H,13-14,17-25,29,33-40,42-46H2,1-12H3,(H,85,97)(H,86,100)(H,87,101)/b16-15-/t47-,53+,55-,56+,57-,58-,59-,60-,65-,66-/m0/s1. The summed E-state index contributed by atoms with van der Waals surface area (Å²) in [7, 11) is 12.0. The molecule has 0 unspecified atom stereocenters. The minimum Gasteiger partial charge on any atom is -0.496 e. The topological polar surface area (TPSA) is 298 Å². The highest BCUT2D eigenvalue weighted by Crippen LogP contribution is 2.41. The van der Waals surface area contributed by atoms with Gasteiger partial charge in [0.15, 0.2) is 0 Å². The predicted octanol–water partition coefficient (Wildman–Crippen LogP) is 5.24. The Kier molecular flexibility index (Phi) is 30.1. The number of ether oxygens (including phenoxy) is 3. The van der Waals surface area contributed by atoms with Gasteiger partial charge in [0, 0.05) is 95.5 Å². The minimum absolute atomic E-state index is 0.00495. The highest BCUT2D eigenvalue weighted by Gasteiger charge is 2.54. The Morgan fingerprint density at radius 1 is 0.685 bits per heavy atom. The van der Waals surface area contributed by atoms with Gasteiger partial charge < -0.3 is 74.3 Å². The Bertz CT molecular complexity index is 3720. The van der Waals surface area contributed by atoms with E-state index in [0.29, 0.717) is 38.5 Å². The van der Waals surface area contributed by atoms with Crippen LogP contribution in [0.1, 0.15) is 146 Å². The molecule has 0 radical (unpaired) electrons. The number of amides is 12. The molecule has 3 aliphatic carbocycles. The van der Waals surface area contributed by atoms with E-state index in [-0.39, 0.29) is 101 Å². The molecule has 12 amide bonds. The van der Waals surface area contributed by atoms with Crippen molar-refractivity contribution in [3.63, 3.8) is 0 Å². The molecule has 10 atom stereocenters. The van der Waals surface area contributed by atoms with Crippen LogP contribution in [0.25, 0.3) is 0 Å². The van der Waals surface area contributed by atoms with E-state index in [1.165, 1.54) is 87.0 Å². The molecular formula is C78H110F6N12O15. The molecule has 27 nitrogen and oxygen atoms in total. The Morgan fingerprint density at radius 2 is 1.34 bits per heavy atom. The van der Waals surface area contributed by atoms with E-state index in [1.807, 2.05) is 0 Å². The third-order valence-electron chi connectivity index (χ3n) is 23.0. The van der Waals surface area contributed by atoms with Gasteiger partial charge in [-0.2, -0.15) is 26.3 Å². The summed E-state index contributed by atoms with van der Waals surface area (Å²) in [6.07, 6.45) is -3.92. The van der Waals surface area contributed by atoms with Gasteiger partial charge in [-0.25, -0.2) is 0 Å². The van der Waals surface area contributed by atoms with Crippen LogP contribution in [0.3, 0.4) is 0 Å². The Labute approximate surface area is 645 Å². The number of hydrogen-bond acceptors (Lipinski definition) is 15. The second kappa shape index (κ2) is 38.1. The van der Waals surface area contributed by atoms with Gasteiger partial charge in [0.2, 0.25) is 70.9 Å². The Morgan fingerprint density at radius 3 is 1.94 bits per heavy atom. The first kappa shape index (κ1) is 87.7. The summed E-state index contributed by atoms with van der Waals surface area (Å²) in [4.78, 5) is 193. The molecule has 3 aliphatic heterocycles. The van der Waals surface area contributed by atoms with Gasteiger partial charge >= 0.3 is 12.4 Å². The second-order valence-electron chi connectivity index (χ2n) is 30.7. The number of carbonyl (C=O) groups is 12. The van der Waals surface area contributed by atoms with Crippen LogP contribution in [0.5, 0.6) is 5.75 Å². The fraction of sp³-hybridized carbons (Fsp3) is 0.667. The summed E-state index contributed by atoms with van der Waals surface area (Å²) < 4.78 is 101. The van der Waals surface area contributed by atoms with Crippen molar-refractivity contribution in [2.75, 3.05) is 109 Å². The van der Waals surface area contributed by atoms with Crippen LogP contribution in [0, 0.1) is 17.8 Å². The van der Waals surface area contributed by atoms with E-state index < -0.39 is 198 Å². The predicted molar refractivity (Wildman–Crippen MR) is 394 cm³/mol. The summed E-state index contributed by atoms with van der Waals surface area (Å²) in [5.41, 5.74) is -3.40. The average molecular weight is 1570 g/mol. The van der Waals surface area contributed by atoms with E-state index in [2.05, 4.69) is 16.0 Å². The maximum atomic E-state index is 15.7. The average Bonchev–Trinajstić information content (AvgIpc) is 1.74. The van der Waals surface area contributed by atoms with Gasteiger partial charge in [0.05, 0.1) is 50.5 Å². The molecule has 33 heteroatoms. The molecule has 8 rings (SSSR count). The Balaban J connectivity index is 1.23.